The summed E-state index contributed by atoms with van der Waals surface area (Å²) in [5.41, 5.74) is 0.455. The van der Waals surface area contributed by atoms with E-state index in [0.717, 1.165) is 17.6 Å². The molecule has 0 aliphatic rings. The topological polar surface area (TPSA) is 37.8 Å². The smallest absolute Gasteiger partial charge is 0.194 e. The van der Waals surface area contributed by atoms with Crippen molar-refractivity contribution < 1.29 is 13.2 Å². The maximum atomic E-state index is 14.0. The first-order valence-corrected chi connectivity index (χ1v) is 7.18. The van der Waals surface area contributed by atoms with E-state index in [2.05, 4.69) is 14.9 Å². The number of nitrogens with zero attached hydrogens (tertiary/aromatic N) is 2. The Bertz CT molecular complexity index is 649. The van der Waals surface area contributed by atoms with Crippen LogP contribution >= 0.6 is 11.5 Å². The molecule has 0 saturated heterocycles. The van der Waals surface area contributed by atoms with Gasteiger partial charge in [0.2, 0.25) is 0 Å². The van der Waals surface area contributed by atoms with E-state index >= 15 is 0 Å². The van der Waals surface area contributed by atoms with E-state index in [1.807, 2.05) is 20.8 Å². The Kier molecular flexibility index (Phi) is 4.34. The van der Waals surface area contributed by atoms with Crippen LogP contribution in [-0.4, -0.2) is 16.6 Å². The predicted octanol–water partition coefficient (Wildman–Crippen LogP) is 3.56. The summed E-state index contributed by atoms with van der Waals surface area (Å²) in [5, 5.41) is 7.01. The van der Waals surface area contributed by atoms with Crippen molar-refractivity contribution in [3.8, 4) is 0 Å². The minimum Gasteiger partial charge on any atom is -0.308 e. The Labute approximate surface area is 125 Å². The maximum Gasteiger partial charge on any atom is 0.194 e. The van der Waals surface area contributed by atoms with Crippen molar-refractivity contribution in [2.75, 3.05) is 7.05 Å². The minimum absolute atomic E-state index is 0.0351. The molecule has 0 radical (unpaired) electrons. The summed E-state index contributed by atoms with van der Waals surface area (Å²) in [6, 6.07) is 1.53. The monoisotopic (exact) mass is 315 g/mol. The lowest BCUT2D eigenvalue weighted by Gasteiger charge is -2.22. The van der Waals surface area contributed by atoms with Crippen LogP contribution in [0.3, 0.4) is 0 Å². The van der Waals surface area contributed by atoms with Crippen molar-refractivity contribution in [1.29, 1.82) is 0 Å². The van der Waals surface area contributed by atoms with Gasteiger partial charge < -0.3 is 5.32 Å². The third-order valence-electron chi connectivity index (χ3n) is 3.15. The molecule has 1 aromatic heterocycles. The van der Waals surface area contributed by atoms with E-state index < -0.39 is 23.5 Å². The van der Waals surface area contributed by atoms with E-state index in [1.165, 1.54) is 6.07 Å². The lowest BCUT2D eigenvalue weighted by atomic mass is 9.88. The van der Waals surface area contributed by atoms with Gasteiger partial charge in [-0.15, -0.1) is 5.10 Å². The lowest BCUT2D eigenvalue weighted by molar-refractivity contribution is 0.434. The normalized spacial score (nSPS) is 13.5. The van der Waals surface area contributed by atoms with Crippen LogP contribution in [0, 0.1) is 17.5 Å². The van der Waals surface area contributed by atoms with Crippen molar-refractivity contribution in [3.05, 3.63) is 45.7 Å². The van der Waals surface area contributed by atoms with Gasteiger partial charge in [0.05, 0.1) is 16.6 Å². The van der Waals surface area contributed by atoms with Gasteiger partial charge >= 0.3 is 0 Å². The molecule has 1 unspecified atom stereocenters. The first-order valence-electron chi connectivity index (χ1n) is 6.40. The average molecular weight is 315 g/mol. The molecule has 114 valence electrons. The van der Waals surface area contributed by atoms with Crippen molar-refractivity contribution in [3.63, 3.8) is 0 Å². The second-order valence-electron chi connectivity index (χ2n) is 5.72. The fourth-order valence-electron chi connectivity index (χ4n) is 2.10. The maximum absolute atomic E-state index is 14.0. The number of hydrogen-bond donors (Lipinski definition) is 1. The summed E-state index contributed by atoms with van der Waals surface area (Å²) in [7, 11) is 1.62. The van der Waals surface area contributed by atoms with E-state index in [4.69, 9.17) is 0 Å². The van der Waals surface area contributed by atoms with Crippen LogP contribution in [0.2, 0.25) is 0 Å². The van der Waals surface area contributed by atoms with E-state index in [1.54, 1.807) is 7.05 Å². The molecule has 0 aliphatic heterocycles. The van der Waals surface area contributed by atoms with Crippen molar-refractivity contribution in [1.82, 2.24) is 14.9 Å². The van der Waals surface area contributed by atoms with Gasteiger partial charge in [0.1, 0.15) is 0 Å². The summed E-state index contributed by atoms with van der Waals surface area (Å²) in [6.45, 7) is 5.88. The van der Waals surface area contributed by atoms with Crippen LogP contribution < -0.4 is 5.32 Å². The highest BCUT2D eigenvalue weighted by molar-refractivity contribution is 7.05. The van der Waals surface area contributed by atoms with E-state index in [0.29, 0.717) is 10.6 Å². The first-order chi connectivity index (χ1) is 9.77. The molecule has 0 aliphatic carbocycles. The quantitative estimate of drug-likeness (QED) is 0.880. The Balaban J connectivity index is 2.56. The molecule has 0 bridgehead atoms. The standard InChI is InChI=1S/C14H16F3N3S/c1-14(2,3)13-12(21-20-19-13)11(18-4)7-5-6-8(15)10(17)9(7)16/h5-6,11,18H,1-4H3. The zero-order chi connectivity index (χ0) is 15.8. The lowest BCUT2D eigenvalue weighted by Crippen LogP contribution is -2.23. The van der Waals surface area contributed by atoms with Gasteiger partial charge in [0, 0.05) is 11.0 Å². The molecule has 0 spiro atoms. The highest BCUT2D eigenvalue weighted by atomic mass is 32.1. The van der Waals surface area contributed by atoms with E-state index in [-0.39, 0.29) is 11.0 Å². The molecule has 0 saturated carbocycles. The Morgan fingerprint density at radius 1 is 1.14 bits per heavy atom. The zero-order valence-electron chi connectivity index (χ0n) is 12.2. The third-order valence-corrected chi connectivity index (χ3v) is 3.94. The molecular weight excluding hydrogens is 299 g/mol. The number of halogens is 3. The molecule has 1 aromatic carbocycles. The summed E-state index contributed by atoms with van der Waals surface area (Å²) >= 11 is 1.12. The van der Waals surface area contributed by atoms with Crippen molar-refractivity contribution >= 4 is 11.5 Å². The average Bonchev–Trinajstić information content (AvgIpc) is 2.89. The molecule has 0 fully saturated rings. The largest absolute Gasteiger partial charge is 0.308 e. The highest BCUT2D eigenvalue weighted by Crippen LogP contribution is 2.35. The van der Waals surface area contributed by atoms with Gasteiger partial charge in [0.25, 0.3) is 0 Å². The second kappa shape index (κ2) is 5.73. The minimum atomic E-state index is -1.47. The number of nitrogens with one attached hydrogen (secondary N) is 1. The molecular formula is C14H16F3N3S. The second-order valence-corrected chi connectivity index (χ2v) is 6.51. The summed E-state index contributed by atoms with van der Waals surface area (Å²) < 4.78 is 44.5. The summed E-state index contributed by atoms with van der Waals surface area (Å²) in [5.74, 6) is -3.87. The molecule has 2 rings (SSSR count). The zero-order valence-corrected chi connectivity index (χ0v) is 13.0. The molecule has 1 N–H and O–H groups in total. The van der Waals surface area contributed by atoms with Crippen molar-refractivity contribution in [2.45, 2.75) is 32.2 Å². The van der Waals surface area contributed by atoms with Crippen LogP contribution in [0.15, 0.2) is 12.1 Å². The first kappa shape index (κ1) is 15.9. The fourth-order valence-corrected chi connectivity index (χ4v) is 3.09. The molecule has 1 heterocycles. The van der Waals surface area contributed by atoms with Crippen LogP contribution in [0.25, 0.3) is 0 Å². The van der Waals surface area contributed by atoms with Crippen LogP contribution in [0.1, 0.15) is 42.9 Å². The third kappa shape index (κ3) is 2.94. The van der Waals surface area contributed by atoms with Gasteiger partial charge in [-0.25, -0.2) is 13.2 Å². The van der Waals surface area contributed by atoms with Crippen LogP contribution in [0.4, 0.5) is 13.2 Å². The SMILES string of the molecule is CNC(c1ccc(F)c(F)c1F)c1snnc1C(C)(C)C. The molecule has 3 nitrogen and oxygen atoms in total. The van der Waals surface area contributed by atoms with Gasteiger partial charge in [0.15, 0.2) is 17.5 Å². The van der Waals surface area contributed by atoms with Gasteiger partial charge in [-0.2, -0.15) is 0 Å². The van der Waals surface area contributed by atoms with Gasteiger partial charge in [-0.05, 0) is 24.6 Å². The Hall–Kier alpha value is -1.47. The fraction of sp³-hybridized carbons (Fsp3) is 0.429. The Morgan fingerprint density at radius 2 is 1.81 bits per heavy atom. The number of aromatic nitrogens is 2. The summed E-state index contributed by atoms with van der Waals surface area (Å²) in [6.07, 6.45) is 0. The number of hydrogen-bond acceptors (Lipinski definition) is 4. The predicted molar refractivity (Wildman–Crippen MR) is 75.8 cm³/mol. The summed E-state index contributed by atoms with van der Waals surface area (Å²) in [4.78, 5) is 0.690. The number of rotatable bonds is 3. The van der Waals surface area contributed by atoms with Crippen LogP contribution in [-0.2, 0) is 5.41 Å². The molecule has 0 amide bonds. The van der Waals surface area contributed by atoms with Crippen LogP contribution in [0.5, 0.6) is 0 Å². The van der Waals surface area contributed by atoms with Gasteiger partial charge in [-0.1, -0.05) is 31.3 Å². The number of benzene rings is 1. The molecule has 1 atom stereocenters. The van der Waals surface area contributed by atoms with Crippen molar-refractivity contribution in [2.24, 2.45) is 0 Å². The molecule has 21 heavy (non-hydrogen) atoms. The Morgan fingerprint density at radius 3 is 2.38 bits per heavy atom. The highest BCUT2D eigenvalue weighted by Gasteiger charge is 2.30. The van der Waals surface area contributed by atoms with Gasteiger partial charge in [-0.3, -0.25) is 0 Å². The molecule has 7 heteroatoms. The van der Waals surface area contributed by atoms with E-state index in [9.17, 15) is 13.2 Å². The molecule has 2 aromatic rings.